The van der Waals surface area contributed by atoms with Crippen molar-refractivity contribution in [1.29, 1.82) is 0 Å². The first-order valence-electron chi connectivity index (χ1n) is 10.3. The van der Waals surface area contributed by atoms with Crippen LogP contribution in [0.15, 0.2) is 24.3 Å². The lowest BCUT2D eigenvalue weighted by molar-refractivity contribution is 0.194. The maximum absolute atomic E-state index is 13.1. The van der Waals surface area contributed by atoms with Crippen LogP contribution in [0.3, 0.4) is 0 Å². The molecular weight excluding hydrogens is 341 g/mol. The molecule has 5 nitrogen and oxygen atoms in total. The summed E-state index contributed by atoms with van der Waals surface area (Å²) in [6.07, 6.45) is 6.28. The molecular formula is C21H30FN5. The van der Waals surface area contributed by atoms with Crippen molar-refractivity contribution in [2.24, 2.45) is 7.05 Å². The molecule has 2 saturated heterocycles. The molecule has 0 bridgehead atoms. The number of rotatable bonds is 5. The monoisotopic (exact) mass is 371 g/mol. The van der Waals surface area contributed by atoms with Crippen LogP contribution in [-0.2, 0) is 20.1 Å². The molecule has 146 valence electrons. The summed E-state index contributed by atoms with van der Waals surface area (Å²) in [5.74, 6) is 2.45. The molecule has 2 fully saturated rings. The highest BCUT2D eigenvalue weighted by molar-refractivity contribution is 5.16. The number of hydrogen-bond donors (Lipinski definition) is 0. The van der Waals surface area contributed by atoms with Crippen molar-refractivity contribution < 1.29 is 4.39 Å². The van der Waals surface area contributed by atoms with Gasteiger partial charge in [0.25, 0.3) is 0 Å². The summed E-state index contributed by atoms with van der Waals surface area (Å²) in [5.41, 5.74) is 1.17. The number of nitrogens with zero attached hydrogens (tertiary/aromatic N) is 5. The van der Waals surface area contributed by atoms with E-state index in [0.717, 1.165) is 44.2 Å². The van der Waals surface area contributed by atoms with Crippen LogP contribution in [0.5, 0.6) is 0 Å². The molecule has 1 aromatic heterocycles. The highest BCUT2D eigenvalue weighted by Crippen LogP contribution is 2.27. The Balaban J connectivity index is 1.39. The predicted molar refractivity (Wildman–Crippen MR) is 104 cm³/mol. The van der Waals surface area contributed by atoms with Gasteiger partial charge in [-0.1, -0.05) is 18.6 Å². The Morgan fingerprint density at radius 3 is 2.44 bits per heavy atom. The highest BCUT2D eigenvalue weighted by Gasteiger charge is 2.26. The zero-order chi connectivity index (χ0) is 18.6. The Bertz CT molecular complexity index is 736. The summed E-state index contributed by atoms with van der Waals surface area (Å²) in [5, 5.41) is 9.08. The van der Waals surface area contributed by atoms with Crippen LogP contribution in [0.25, 0.3) is 0 Å². The van der Waals surface area contributed by atoms with Crippen LogP contribution in [0.2, 0.25) is 0 Å². The summed E-state index contributed by atoms with van der Waals surface area (Å²) in [6.45, 7) is 6.22. The van der Waals surface area contributed by atoms with E-state index >= 15 is 0 Å². The minimum atomic E-state index is -0.171. The predicted octanol–water partition coefficient (Wildman–Crippen LogP) is 3.32. The van der Waals surface area contributed by atoms with Crippen LogP contribution in [0.4, 0.5) is 4.39 Å². The second-order valence-electron chi connectivity index (χ2n) is 8.07. The Morgan fingerprint density at radius 1 is 0.926 bits per heavy atom. The van der Waals surface area contributed by atoms with Gasteiger partial charge < -0.3 is 4.57 Å². The molecule has 0 amide bonds. The van der Waals surface area contributed by atoms with E-state index in [1.54, 1.807) is 12.1 Å². The molecule has 0 aliphatic carbocycles. The van der Waals surface area contributed by atoms with Gasteiger partial charge in [-0.2, -0.15) is 0 Å². The quantitative estimate of drug-likeness (QED) is 0.808. The normalized spacial score (nSPS) is 22.2. The average molecular weight is 372 g/mol. The molecule has 0 saturated carbocycles. The lowest BCUT2D eigenvalue weighted by Gasteiger charge is -2.32. The molecule has 6 heteroatoms. The second kappa shape index (κ2) is 8.48. The van der Waals surface area contributed by atoms with E-state index in [0.29, 0.717) is 5.92 Å². The number of halogens is 1. The summed E-state index contributed by atoms with van der Waals surface area (Å²) >= 11 is 0. The zero-order valence-corrected chi connectivity index (χ0v) is 16.3. The summed E-state index contributed by atoms with van der Waals surface area (Å²) in [4.78, 5) is 4.96. The molecule has 0 unspecified atom stereocenters. The highest BCUT2D eigenvalue weighted by atomic mass is 19.1. The van der Waals surface area contributed by atoms with Gasteiger partial charge >= 0.3 is 0 Å². The van der Waals surface area contributed by atoms with Gasteiger partial charge in [0.05, 0.1) is 6.54 Å². The van der Waals surface area contributed by atoms with Gasteiger partial charge in [0, 0.05) is 26.1 Å². The molecule has 1 atom stereocenters. The summed E-state index contributed by atoms with van der Waals surface area (Å²) in [6, 6.07) is 6.87. The van der Waals surface area contributed by atoms with E-state index in [2.05, 4.69) is 31.6 Å². The third kappa shape index (κ3) is 4.55. The van der Waals surface area contributed by atoms with Gasteiger partial charge in [-0.25, -0.2) is 4.39 Å². The van der Waals surface area contributed by atoms with E-state index in [9.17, 15) is 4.39 Å². The van der Waals surface area contributed by atoms with Crippen LogP contribution < -0.4 is 0 Å². The van der Waals surface area contributed by atoms with Crippen LogP contribution >= 0.6 is 0 Å². The van der Waals surface area contributed by atoms with Crippen molar-refractivity contribution >= 4 is 0 Å². The maximum atomic E-state index is 13.1. The van der Waals surface area contributed by atoms with Crippen molar-refractivity contribution in [2.75, 3.05) is 26.2 Å². The zero-order valence-electron chi connectivity index (χ0n) is 16.3. The average Bonchev–Trinajstić information content (AvgIpc) is 3.05. The van der Waals surface area contributed by atoms with Crippen molar-refractivity contribution in [2.45, 2.75) is 51.1 Å². The molecule has 27 heavy (non-hydrogen) atoms. The first kappa shape index (κ1) is 18.6. The van der Waals surface area contributed by atoms with Crippen LogP contribution in [0.1, 0.15) is 55.2 Å². The van der Waals surface area contributed by atoms with Gasteiger partial charge in [-0.3, -0.25) is 9.80 Å². The minimum absolute atomic E-state index is 0.171. The van der Waals surface area contributed by atoms with Crippen molar-refractivity contribution in [3.63, 3.8) is 0 Å². The molecule has 0 N–H and O–H groups in total. The fraction of sp³-hybridized carbons (Fsp3) is 0.619. The fourth-order valence-electron chi connectivity index (χ4n) is 4.44. The first-order chi connectivity index (χ1) is 13.2. The largest absolute Gasteiger partial charge is 0.317 e. The molecule has 2 aliphatic rings. The Hall–Kier alpha value is -1.79. The van der Waals surface area contributed by atoms with Crippen molar-refractivity contribution in [3.05, 3.63) is 47.3 Å². The molecule has 0 spiro atoms. The van der Waals surface area contributed by atoms with Crippen LogP contribution in [0, 0.1) is 5.82 Å². The summed E-state index contributed by atoms with van der Waals surface area (Å²) in [7, 11) is 2.12. The van der Waals surface area contributed by atoms with Crippen LogP contribution in [-0.4, -0.2) is 50.7 Å². The lowest BCUT2D eigenvalue weighted by atomic mass is 9.96. The topological polar surface area (TPSA) is 37.2 Å². The van der Waals surface area contributed by atoms with E-state index < -0.39 is 0 Å². The molecule has 2 aromatic rings. The van der Waals surface area contributed by atoms with Gasteiger partial charge in [0.2, 0.25) is 0 Å². The number of benzene rings is 1. The number of aromatic nitrogens is 3. The third-order valence-electron chi connectivity index (χ3n) is 6.00. The molecule has 2 aliphatic heterocycles. The molecule has 3 heterocycles. The molecule has 0 radical (unpaired) electrons. The number of hydrogen-bond acceptors (Lipinski definition) is 4. The Kier molecular flexibility index (Phi) is 5.83. The Morgan fingerprint density at radius 2 is 1.67 bits per heavy atom. The lowest BCUT2D eigenvalue weighted by Crippen LogP contribution is -2.35. The van der Waals surface area contributed by atoms with E-state index in [4.69, 9.17) is 0 Å². The van der Waals surface area contributed by atoms with Gasteiger partial charge in [0.1, 0.15) is 17.5 Å². The number of likely N-dealkylation sites (tertiary alicyclic amines) is 2. The SMILES string of the molecule is Cn1c(CN2CCCCC2)nnc1[C@H]1CCCN(Cc2ccc(F)cc2)C1. The van der Waals surface area contributed by atoms with E-state index in [1.807, 2.05) is 12.1 Å². The van der Waals surface area contributed by atoms with Gasteiger partial charge in [-0.05, 0) is 63.0 Å². The number of piperidine rings is 2. The Labute approximate surface area is 161 Å². The smallest absolute Gasteiger partial charge is 0.146 e. The maximum Gasteiger partial charge on any atom is 0.146 e. The van der Waals surface area contributed by atoms with E-state index in [-0.39, 0.29) is 5.82 Å². The van der Waals surface area contributed by atoms with Crippen molar-refractivity contribution in [1.82, 2.24) is 24.6 Å². The third-order valence-corrected chi connectivity index (χ3v) is 6.00. The standard InChI is InChI=1S/C21H30FN5/c1-25-20(16-26-11-3-2-4-12-26)23-24-21(25)18-6-5-13-27(15-18)14-17-7-9-19(22)10-8-17/h7-10,18H,2-6,11-16H2,1H3/t18-/m0/s1. The van der Waals surface area contributed by atoms with Crippen molar-refractivity contribution in [3.8, 4) is 0 Å². The second-order valence-corrected chi connectivity index (χ2v) is 8.07. The molecule has 1 aromatic carbocycles. The van der Waals surface area contributed by atoms with Gasteiger partial charge in [-0.15, -0.1) is 10.2 Å². The minimum Gasteiger partial charge on any atom is -0.317 e. The fourth-order valence-corrected chi connectivity index (χ4v) is 4.44. The molecule has 4 rings (SSSR count). The summed E-state index contributed by atoms with van der Waals surface area (Å²) < 4.78 is 15.4. The van der Waals surface area contributed by atoms with E-state index in [1.165, 1.54) is 44.3 Å². The van der Waals surface area contributed by atoms with Gasteiger partial charge in [0.15, 0.2) is 0 Å². The first-order valence-corrected chi connectivity index (χ1v) is 10.3.